The van der Waals surface area contributed by atoms with Gasteiger partial charge < -0.3 is 15.5 Å². The molecule has 2 saturated heterocycles. The van der Waals surface area contributed by atoms with Crippen LogP contribution in [0.5, 0.6) is 0 Å². The number of piperidine rings is 1. The SMILES string of the molecule is O=C1CCCN1c1cc(Nc2ncc3c(n2)SCN(c2c(Cl)cccc2Cl)C3=O)ccc1C1CCNCC1. The van der Waals surface area contributed by atoms with Crippen LogP contribution in [0.4, 0.5) is 23.0 Å². The average molecular weight is 570 g/mol. The maximum absolute atomic E-state index is 13.3. The molecule has 0 atom stereocenters. The van der Waals surface area contributed by atoms with E-state index >= 15 is 0 Å². The molecular weight excluding hydrogens is 543 g/mol. The van der Waals surface area contributed by atoms with Crippen LogP contribution in [0.2, 0.25) is 10.0 Å². The number of benzene rings is 2. The van der Waals surface area contributed by atoms with Gasteiger partial charge in [0.1, 0.15) is 5.03 Å². The van der Waals surface area contributed by atoms with Crippen LogP contribution in [0, 0.1) is 0 Å². The lowest BCUT2D eigenvalue weighted by Crippen LogP contribution is -2.35. The summed E-state index contributed by atoms with van der Waals surface area (Å²) in [7, 11) is 0. The van der Waals surface area contributed by atoms with Gasteiger partial charge in [0.05, 0.1) is 27.2 Å². The second kappa shape index (κ2) is 10.7. The number of nitrogens with one attached hydrogen (secondary N) is 2. The molecule has 2 aromatic carbocycles. The summed E-state index contributed by atoms with van der Waals surface area (Å²) in [5, 5.41) is 8.12. The second-order valence-corrected chi connectivity index (χ2v) is 11.3. The van der Waals surface area contributed by atoms with Crippen LogP contribution in [0.25, 0.3) is 0 Å². The molecule has 3 aliphatic heterocycles. The Morgan fingerprint density at radius 1 is 1.05 bits per heavy atom. The van der Waals surface area contributed by atoms with Crippen molar-refractivity contribution in [1.29, 1.82) is 0 Å². The summed E-state index contributed by atoms with van der Waals surface area (Å²) in [6.07, 6.45) is 5.09. The van der Waals surface area contributed by atoms with Crippen LogP contribution in [-0.4, -0.2) is 47.3 Å². The summed E-state index contributed by atoms with van der Waals surface area (Å²) >= 11 is 14.1. The van der Waals surface area contributed by atoms with E-state index < -0.39 is 0 Å². The summed E-state index contributed by atoms with van der Waals surface area (Å²) in [5.74, 6) is 1.06. The Hall–Kier alpha value is -2.85. The number of hydrogen-bond acceptors (Lipinski definition) is 7. The Balaban J connectivity index is 1.26. The van der Waals surface area contributed by atoms with Gasteiger partial charge in [-0.25, -0.2) is 9.97 Å². The third-order valence-corrected chi connectivity index (χ3v) is 8.78. The third kappa shape index (κ3) is 4.84. The van der Waals surface area contributed by atoms with E-state index in [0.717, 1.165) is 50.3 Å². The summed E-state index contributed by atoms with van der Waals surface area (Å²) in [6, 6.07) is 11.3. The summed E-state index contributed by atoms with van der Waals surface area (Å²) in [5.41, 5.74) is 3.87. The lowest BCUT2D eigenvalue weighted by molar-refractivity contribution is -0.117. The Kier molecular flexibility index (Phi) is 7.18. The van der Waals surface area contributed by atoms with E-state index in [9.17, 15) is 9.59 Å². The molecule has 1 aromatic heterocycles. The van der Waals surface area contributed by atoms with Gasteiger partial charge in [0.2, 0.25) is 11.9 Å². The van der Waals surface area contributed by atoms with Crippen LogP contribution >= 0.6 is 35.0 Å². The van der Waals surface area contributed by atoms with E-state index in [4.69, 9.17) is 23.2 Å². The quantitative estimate of drug-likeness (QED) is 0.374. The highest BCUT2D eigenvalue weighted by atomic mass is 35.5. The molecule has 8 nitrogen and oxygen atoms in total. The molecule has 0 aliphatic carbocycles. The fourth-order valence-electron chi connectivity index (χ4n) is 5.29. The normalized spacial score (nSPS) is 18.2. The number of halogens is 2. The Morgan fingerprint density at radius 3 is 2.58 bits per heavy atom. The van der Waals surface area contributed by atoms with E-state index in [1.54, 1.807) is 23.1 Å². The molecule has 2 fully saturated rings. The first kappa shape index (κ1) is 25.4. The van der Waals surface area contributed by atoms with E-state index in [2.05, 4.69) is 26.7 Å². The van der Waals surface area contributed by atoms with Gasteiger partial charge in [-0.1, -0.05) is 47.1 Å². The van der Waals surface area contributed by atoms with Gasteiger partial charge in [0.15, 0.2) is 0 Å². The van der Waals surface area contributed by atoms with Gasteiger partial charge in [-0.3, -0.25) is 14.5 Å². The number of carbonyl (C=O) groups is 2. The van der Waals surface area contributed by atoms with Crippen LogP contribution < -0.4 is 20.4 Å². The molecular formula is C27H26Cl2N6O2S. The van der Waals surface area contributed by atoms with E-state index in [1.165, 1.54) is 23.5 Å². The van der Waals surface area contributed by atoms with Gasteiger partial charge in [-0.15, -0.1) is 0 Å². The van der Waals surface area contributed by atoms with Crippen molar-refractivity contribution in [2.75, 3.05) is 40.6 Å². The van der Waals surface area contributed by atoms with Crippen molar-refractivity contribution in [3.63, 3.8) is 0 Å². The van der Waals surface area contributed by atoms with Crippen molar-refractivity contribution in [2.45, 2.75) is 36.6 Å². The molecule has 11 heteroatoms. The number of amides is 2. The zero-order valence-electron chi connectivity index (χ0n) is 20.5. The van der Waals surface area contributed by atoms with Gasteiger partial charge in [0.25, 0.3) is 5.91 Å². The minimum absolute atomic E-state index is 0.167. The van der Waals surface area contributed by atoms with E-state index in [1.807, 2.05) is 17.0 Å². The number of thioether (sulfide) groups is 1. The summed E-state index contributed by atoms with van der Waals surface area (Å²) in [6.45, 7) is 2.70. The van der Waals surface area contributed by atoms with Gasteiger partial charge >= 0.3 is 0 Å². The molecule has 6 rings (SSSR count). The number of para-hydroxylation sites is 1. The molecule has 0 bridgehead atoms. The number of carbonyl (C=O) groups excluding carboxylic acids is 2. The molecule has 0 radical (unpaired) electrons. The van der Waals surface area contributed by atoms with Crippen LogP contribution in [0.3, 0.4) is 0 Å². The first-order valence-electron chi connectivity index (χ1n) is 12.7. The Bertz CT molecular complexity index is 1390. The standard InChI is InChI=1S/C27H26Cl2N6O2S/c28-20-3-1-4-21(29)24(20)35-15-38-25-19(26(35)37)14-31-27(33-25)32-17-6-7-18(16-8-10-30-11-9-16)22(13-17)34-12-2-5-23(34)36/h1,3-4,6-7,13-14,16,30H,2,5,8-12,15H2,(H,31,32,33). The van der Waals surface area contributed by atoms with E-state index in [-0.39, 0.29) is 11.8 Å². The predicted octanol–water partition coefficient (Wildman–Crippen LogP) is 5.83. The number of fused-ring (bicyclic) bond motifs is 1. The third-order valence-electron chi connectivity index (χ3n) is 7.20. The lowest BCUT2D eigenvalue weighted by Gasteiger charge is -2.29. The fourth-order valence-corrected chi connectivity index (χ4v) is 6.84. The number of rotatable bonds is 5. The monoisotopic (exact) mass is 568 g/mol. The number of anilines is 4. The largest absolute Gasteiger partial charge is 0.324 e. The Morgan fingerprint density at radius 2 is 1.84 bits per heavy atom. The molecule has 3 aliphatic rings. The summed E-state index contributed by atoms with van der Waals surface area (Å²) in [4.78, 5) is 38.4. The first-order chi connectivity index (χ1) is 18.5. The van der Waals surface area contributed by atoms with Crippen molar-refractivity contribution < 1.29 is 9.59 Å². The molecule has 38 heavy (non-hydrogen) atoms. The number of hydrogen-bond donors (Lipinski definition) is 2. The fraction of sp³-hybridized carbons (Fsp3) is 0.333. The highest BCUT2D eigenvalue weighted by Gasteiger charge is 2.31. The zero-order valence-corrected chi connectivity index (χ0v) is 22.9. The second-order valence-electron chi connectivity index (χ2n) is 9.56. The maximum Gasteiger partial charge on any atom is 0.263 e. The van der Waals surface area contributed by atoms with Crippen LogP contribution in [-0.2, 0) is 4.79 Å². The predicted molar refractivity (Wildman–Crippen MR) is 152 cm³/mol. The molecule has 2 amide bonds. The highest BCUT2D eigenvalue weighted by molar-refractivity contribution is 7.99. The van der Waals surface area contributed by atoms with Crippen LogP contribution in [0.15, 0.2) is 47.6 Å². The molecule has 196 valence electrons. The van der Waals surface area contributed by atoms with Crippen molar-refractivity contribution in [3.05, 3.63) is 63.8 Å². The van der Waals surface area contributed by atoms with Gasteiger partial charge in [-0.05, 0) is 68.1 Å². The highest BCUT2D eigenvalue weighted by Crippen LogP contribution is 2.40. The average Bonchev–Trinajstić information content (AvgIpc) is 3.36. The molecule has 0 unspecified atom stereocenters. The number of aromatic nitrogens is 2. The minimum Gasteiger partial charge on any atom is -0.324 e. The summed E-state index contributed by atoms with van der Waals surface area (Å²) < 4.78 is 0. The number of nitrogens with zero attached hydrogens (tertiary/aromatic N) is 4. The van der Waals surface area contributed by atoms with Crippen molar-refractivity contribution in [3.8, 4) is 0 Å². The molecule has 2 N–H and O–H groups in total. The molecule has 0 saturated carbocycles. The Labute approximate surface area is 235 Å². The lowest BCUT2D eigenvalue weighted by atomic mass is 9.88. The minimum atomic E-state index is -0.249. The van der Waals surface area contributed by atoms with Crippen molar-refractivity contribution in [1.82, 2.24) is 15.3 Å². The maximum atomic E-state index is 13.3. The topological polar surface area (TPSA) is 90.5 Å². The van der Waals surface area contributed by atoms with E-state index in [0.29, 0.717) is 50.5 Å². The molecule has 3 aromatic rings. The van der Waals surface area contributed by atoms with Crippen molar-refractivity contribution in [2.24, 2.45) is 0 Å². The smallest absolute Gasteiger partial charge is 0.263 e. The van der Waals surface area contributed by atoms with Crippen molar-refractivity contribution >= 4 is 69.8 Å². The zero-order chi connectivity index (χ0) is 26.2. The molecule has 0 spiro atoms. The van der Waals surface area contributed by atoms with Gasteiger partial charge in [0, 0.05) is 30.5 Å². The van der Waals surface area contributed by atoms with Crippen LogP contribution in [0.1, 0.15) is 47.5 Å². The molecule has 4 heterocycles. The first-order valence-corrected chi connectivity index (χ1v) is 14.4. The van der Waals surface area contributed by atoms with Gasteiger partial charge in [-0.2, -0.15) is 0 Å².